The molecule has 39 heavy (non-hydrogen) atoms. The van der Waals surface area contributed by atoms with Crippen LogP contribution in [0, 0.1) is 10.1 Å². The second kappa shape index (κ2) is 9.75. The highest BCUT2D eigenvalue weighted by Gasteiger charge is 2.58. The summed E-state index contributed by atoms with van der Waals surface area (Å²) in [7, 11) is 4.28. The molecule has 2 atom stereocenters. The Labute approximate surface area is 231 Å². The number of nitro groups is 1. The highest BCUT2D eigenvalue weighted by molar-refractivity contribution is 6.42. The molecule has 2 aliphatic rings. The van der Waals surface area contributed by atoms with Gasteiger partial charge in [0, 0.05) is 11.8 Å². The third-order valence-corrected chi connectivity index (χ3v) is 7.42. The van der Waals surface area contributed by atoms with Crippen LogP contribution in [0.2, 0.25) is 10.0 Å². The van der Waals surface area contributed by atoms with Gasteiger partial charge in [0.1, 0.15) is 11.6 Å². The third-order valence-electron chi connectivity index (χ3n) is 6.68. The standard InChI is InChI=1S/C26H19Cl2N3O8/c1-37-18-9-12(10-19(38-2)23(18)39-3)21-22(26(34)29(21)13-7-8-15(27)16(28)11-13)30-24(32)14-5-4-6-17(31(35)36)20(14)25(30)33/h4-11,21-22H,1-3H3/t21-,22-/m1/s1. The Morgan fingerprint density at radius 2 is 1.49 bits per heavy atom. The number of β-lactam (4-membered cyclic amide) rings is 1. The van der Waals surface area contributed by atoms with Crippen molar-refractivity contribution >= 4 is 52.3 Å². The van der Waals surface area contributed by atoms with E-state index in [1.165, 1.54) is 50.5 Å². The van der Waals surface area contributed by atoms with Gasteiger partial charge in [0.15, 0.2) is 11.5 Å². The topological polar surface area (TPSA) is 129 Å². The van der Waals surface area contributed by atoms with Crippen LogP contribution in [0.15, 0.2) is 48.5 Å². The van der Waals surface area contributed by atoms with Crippen molar-refractivity contribution in [3.63, 3.8) is 0 Å². The lowest BCUT2D eigenvalue weighted by molar-refractivity contribution is -0.385. The Morgan fingerprint density at radius 1 is 0.821 bits per heavy atom. The number of anilines is 1. The van der Waals surface area contributed by atoms with E-state index in [1.54, 1.807) is 18.2 Å². The van der Waals surface area contributed by atoms with Crippen molar-refractivity contribution in [2.75, 3.05) is 26.2 Å². The Hall–Kier alpha value is -4.35. The lowest BCUT2D eigenvalue weighted by atomic mass is 9.86. The zero-order valence-electron chi connectivity index (χ0n) is 20.6. The maximum atomic E-state index is 13.7. The molecule has 3 amide bonds. The number of rotatable bonds is 7. The van der Waals surface area contributed by atoms with E-state index >= 15 is 0 Å². The predicted molar refractivity (Wildman–Crippen MR) is 140 cm³/mol. The number of amides is 3. The van der Waals surface area contributed by atoms with Crippen molar-refractivity contribution in [3.8, 4) is 17.2 Å². The molecule has 0 spiro atoms. The van der Waals surface area contributed by atoms with Crippen LogP contribution in [0.3, 0.4) is 0 Å². The average molecular weight is 572 g/mol. The molecule has 0 radical (unpaired) electrons. The largest absolute Gasteiger partial charge is 0.493 e. The zero-order chi connectivity index (χ0) is 28.2. The minimum absolute atomic E-state index is 0.154. The molecule has 1 fully saturated rings. The molecule has 5 rings (SSSR count). The number of nitrogens with zero attached hydrogens (tertiary/aromatic N) is 3. The van der Waals surface area contributed by atoms with E-state index in [1.807, 2.05) is 0 Å². The first-order chi connectivity index (χ1) is 18.6. The predicted octanol–water partition coefficient (Wildman–Crippen LogP) is 4.68. The lowest BCUT2D eigenvalue weighted by Gasteiger charge is -2.49. The van der Waals surface area contributed by atoms with Gasteiger partial charge in [-0.25, -0.2) is 0 Å². The van der Waals surface area contributed by atoms with Gasteiger partial charge in [-0.15, -0.1) is 0 Å². The van der Waals surface area contributed by atoms with Crippen LogP contribution in [0.1, 0.15) is 32.3 Å². The number of imide groups is 1. The van der Waals surface area contributed by atoms with Crippen molar-refractivity contribution in [2.45, 2.75) is 12.1 Å². The molecule has 0 unspecified atom stereocenters. The van der Waals surface area contributed by atoms with Gasteiger partial charge in [-0.05, 0) is 42.0 Å². The van der Waals surface area contributed by atoms with E-state index in [0.717, 1.165) is 11.0 Å². The first-order valence-corrected chi connectivity index (χ1v) is 12.1. The molecule has 3 aromatic rings. The fourth-order valence-corrected chi connectivity index (χ4v) is 5.23. The molecule has 0 bridgehead atoms. The van der Waals surface area contributed by atoms with E-state index in [0.29, 0.717) is 17.0 Å². The van der Waals surface area contributed by atoms with E-state index in [4.69, 9.17) is 37.4 Å². The Morgan fingerprint density at radius 3 is 2.05 bits per heavy atom. The normalized spacial score (nSPS) is 18.1. The first kappa shape index (κ1) is 26.3. The van der Waals surface area contributed by atoms with Crippen molar-refractivity contribution in [1.29, 1.82) is 0 Å². The number of halogens is 2. The smallest absolute Gasteiger partial charge is 0.282 e. The summed E-state index contributed by atoms with van der Waals surface area (Å²) in [6.45, 7) is 0. The van der Waals surface area contributed by atoms with Crippen LogP contribution in [-0.2, 0) is 4.79 Å². The molecule has 0 aliphatic carbocycles. The number of carbonyl (C=O) groups excluding carboxylic acids is 3. The van der Waals surface area contributed by atoms with E-state index < -0.39 is 40.4 Å². The summed E-state index contributed by atoms with van der Waals surface area (Å²) in [6, 6.07) is 9.24. The summed E-state index contributed by atoms with van der Waals surface area (Å²) in [5, 5.41) is 12.1. The summed E-state index contributed by atoms with van der Waals surface area (Å²) in [5.41, 5.74) is -0.250. The molecule has 2 heterocycles. The fraction of sp³-hybridized carbons (Fsp3) is 0.192. The summed E-state index contributed by atoms with van der Waals surface area (Å²) >= 11 is 12.3. The maximum Gasteiger partial charge on any atom is 0.282 e. The third kappa shape index (κ3) is 3.93. The number of fused-ring (bicyclic) bond motifs is 1. The van der Waals surface area contributed by atoms with Crippen LogP contribution in [0.5, 0.6) is 17.2 Å². The zero-order valence-corrected chi connectivity index (χ0v) is 22.1. The summed E-state index contributed by atoms with van der Waals surface area (Å²) in [6.07, 6.45) is 0. The van der Waals surface area contributed by atoms with Gasteiger partial charge in [0.2, 0.25) is 5.75 Å². The molecule has 11 nitrogen and oxygen atoms in total. The molecule has 2 aliphatic heterocycles. The molecule has 13 heteroatoms. The van der Waals surface area contributed by atoms with Crippen molar-refractivity contribution in [2.24, 2.45) is 0 Å². The van der Waals surface area contributed by atoms with Gasteiger partial charge >= 0.3 is 0 Å². The van der Waals surface area contributed by atoms with Crippen LogP contribution >= 0.6 is 23.2 Å². The van der Waals surface area contributed by atoms with Gasteiger partial charge in [-0.1, -0.05) is 29.3 Å². The number of hydrogen-bond donors (Lipinski definition) is 0. The molecule has 200 valence electrons. The van der Waals surface area contributed by atoms with Crippen LogP contribution in [-0.4, -0.2) is 54.9 Å². The molecule has 0 saturated carbocycles. The molecular weight excluding hydrogens is 553 g/mol. The van der Waals surface area contributed by atoms with Gasteiger partial charge in [0.25, 0.3) is 23.4 Å². The van der Waals surface area contributed by atoms with Crippen molar-refractivity contribution < 1.29 is 33.5 Å². The molecule has 3 aromatic carbocycles. The van der Waals surface area contributed by atoms with E-state index in [-0.39, 0.29) is 32.7 Å². The second-order valence-electron chi connectivity index (χ2n) is 8.59. The number of nitro benzene ring substituents is 1. The number of ether oxygens (including phenoxy) is 3. The van der Waals surface area contributed by atoms with E-state index in [9.17, 15) is 24.5 Å². The Balaban J connectivity index is 1.67. The summed E-state index contributed by atoms with van der Waals surface area (Å²) < 4.78 is 16.3. The van der Waals surface area contributed by atoms with Gasteiger partial charge in [-0.3, -0.25) is 29.4 Å². The van der Waals surface area contributed by atoms with Crippen molar-refractivity contribution in [1.82, 2.24) is 4.90 Å². The molecule has 0 N–H and O–H groups in total. The number of benzene rings is 3. The highest BCUT2D eigenvalue weighted by atomic mass is 35.5. The fourth-order valence-electron chi connectivity index (χ4n) is 4.94. The minimum atomic E-state index is -1.34. The Kier molecular flexibility index (Phi) is 6.57. The summed E-state index contributed by atoms with van der Waals surface area (Å²) in [4.78, 5) is 53.6. The van der Waals surface area contributed by atoms with Crippen molar-refractivity contribution in [3.05, 3.63) is 85.4 Å². The van der Waals surface area contributed by atoms with Gasteiger partial charge < -0.3 is 19.1 Å². The van der Waals surface area contributed by atoms with Gasteiger partial charge in [0.05, 0.1) is 47.9 Å². The monoisotopic (exact) mass is 571 g/mol. The lowest BCUT2D eigenvalue weighted by Crippen LogP contribution is -2.67. The quantitative estimate of drug-likeness (QED) is 0.173. The Bertz CT molecular complexity index is 1550. The van der Waals surface area contributed by atoms with Crippen LogP contribution in [0.4, 0.5) is 11.4 Å². The number of carbonyl (C=O) groups is 3. The average Bonchev–Trinajstić information content (AvgIpc) is 3.17. The number of methoxy groups -OCH3 is 3. The van der Waals surface area contributed by atoms with Crippen LogP contribution in [0.25, 0.3) is 0 Å². The minimum Gasteiger partial charge on any atom is -0.493 e. The van der Waals surface area contributed by atoms with Gasteiger partial charge in [-0.2, -0.15) is 0 Å². The first-order valence-electron chi connectivity index (χ1n) is 11.4. The SMILES string of the molecule is COc1cc([C@@H]2[C@@H](N3C(=O)c4cccc([N+](=O)[O-])c4C3=O)C(=O)N2c2ccc(Cl)c(Cl)c2)cc(OC)c1OC. The summed E-state index contributed by atoms with van der Waals surface area (Å²) in [5.74, 6) is -1.52. The van der Waals surface area contributed by atoms with E-state index in [2.05, 4.69) is 0 Å². The second-order valence-corrected chi connectivity index (χ2v) is 9.41. The molecular formula is C26H19Cl2N3O8. The van der Waals surface area contributed by atoms with Crippen LogP contribution < -0.4 is 19.1 Å². The maximum absolute atomic E-state index is 13.7. The molecule has 1 saturated heterocycles. The highest BCUT2D eigenvalue weighted by Crippen LogP contribution is 2.49. The molecule has 0 aromatic heterocycles. The number of hydrogen-bond acceptors (Lipinski definition) is 8.